The second-order valence-electron chi connectivity index (χ2n) is 3.48. The molecule has 0 aliphatic carbocycles. The summed E-state index contributed by atoms with van der Waals surface area (Å²) in [5.41, 5.74) is 6.21. The second kappa shape index (κ2) is 3.81. The standard InChI is InChI=1S/C11H13NO3/c1-14-8-3-2-4-9-7(8)5-6-10(15-9)11(12)13/h2-4,10H,5-6H2,1H3,(H2,12,13). The number of rotatable bonds is 2. The first-order valence-corrected chi connectivity index (χ1v) is 4.84. The second-order valence-corrected chi connectivity index (χ2v) is 3.48. The van der Waals surface area contributed by atoms with Crippen LogP contribution in [0.25, 0.3) is 0 Å². The van der Waals surface area contributed by atoms with Crippen molar-refractivity contribution in [2.45, 2.75) is 18.9 Å². The van der Waals surface area contributed by atoms with Crippen LogP contribution in [0.15, 0.2) is 18.2 Å². The van der Waals surface area contributed by atoms with Gasteiger partial charge in [0.2, 0.25) is 0 Å². The zero-order chi connectivity index (χ0) is 10.8. The highest BCUT2D eigenvalue weighted by molar-refractivity contribution is 5.79. The van der Waals surface area contributed by atoms with Crippen molar-refractivity contribution < 1.29 is 14.3 Å². The van der Waals surface area contributed by atoms with Crippen molar-refractivity contribution in [2.24, 2.45) is 5.73 Å². The van der Waals surface area contributed by atoms with E-state index < -0.39 is 12.0 Å². The van der Waals surface area contributed by atoms with Gasteiger partial charge in [-0.05, 0) is 25.0 Å². The van der Waals surface area contributed by atoms with Crippen LogP contribution in [-0.4, -0.2) is 19.1 Å². The lowest BCUT2D eigenvalue weighted by Gasteiger charge is -2.24. The Balaban J connectivity index is 2.31. The summed E-state index contributed by atoms with van der Waals surface area (Å²) in [5, 5.41) is 0. The zero-order valence-electron chi connectivity index (χ0n) is 8.53. The normalized spacial score (nSPS) is 18.9. The highest BCUT2D eigenvalue weighted by Crippen LogP contribution is 2.34. The average molecular weight is 207 g/mol. The molecule has 4 heteroatoms. The molecule has 0 saturated carbocycles. The number of nitrogens with two attached hydrogens (primary N) is 1. The zero-order valence-corrected chi connectivity index (χ0v) is 8.53. The van der Waals surface area contributed by atoms with Gasteiger partial charge in [0, 0.05) is 5.56 Å². The molecule has 2 rings (SSSR count). The van der Waals surface area contributed by atoms with Crippen molar-refractivity contribution in [3.8, 4) is 11.5 Å². The number of ether oxygens (including phenoxy) is 2. The van der Waals surface area contributed by atoms with Gasteiger partial charge in [-0.1, -0.05) is 6.07 Å². The summed E-state index contributed by atoms with van der Waals surface area (Å²) < 4.78 is 10.7. The number of primary amides is 1. The summed E-state index contributed by atoms with van der Waals surface area (Å²) >= 11 is 0. The quantitative estimate of drug-likeness (QED) is 0.782. The van der Waals surface area contributed by atoms with E-state index in [9.17, 15) is 4.79 Å². The maximum Gasteiger partial charge on any atom is 0.258 e. The molecule has 2 N–H and O–H groups in total. The van der Waals surface area contributed by atoms with Gasteiger partial charge < -0.3 is 15.2 Å². The SMILES string of the molecule is COc1cccc2c1CCC(C(N)=O)O2. The van der Waals surface area contributed by atoms with Crippen molar-refractivity contribution in [1.29, 1.82) is 0 Å². The molecular formula is C11H13NO3. The molecule has 80 valence electrons. The minimum Gasteiger partial charge on any atom is -0.496 e. The monoisotopic (exact) mass is 207 g/mol. The summed E-state index contributed by atoms with van der Waals surface area (Å²) in [4.78, 5) is 11.0. The van der Waals surface area contributed by atoms with Gasteiger partial charge in [0.15, 0.2) is 6.10 Å². The number of fused-ring (bicyclic) bond motifs is 1. The van der Waals surface area contributed by atoms with Gasteiger partial charge in [-0.25, -0.2) is 0 Å². The first-order chi connectivity index (χ1) is 7.22. The molecule has 1 unspecified atom stereocenters. The molecule has 0 saturated heterocycles. The van der Waals surface area contributed by atoms with Gasteiger partial charge in [0.1, 0.15) is 11.5 Å². The van der Waals surface area contributed by atoms with Crippen LogP contribution in [0.1, 0.15) is 12.0 Å². The van der Waals surface area contributed by atoms with Crippen LogP contribution in [0.2, 0.25) is 0 Å². The summed E-state index contributed by atoms with van der Waals surface area (Å²) in [6.07, 6.45) is 0.861. The number of methoxy groups -OCH3 is 1. The fourth-order valence-corrected chi connectivity index (χ4v) is 1.78. The molecule has 1 aromatic rings. The molecule has 4 nitrogen and oxygen atoms in total. The molecule has 0 aromatic heterocycles. The lowest BCUT2D eigenvalue weighted by Crippen LogP contribution is -2.36. The molecule has 1 heterocycles. The van der Waals surface area contributed by atoms with Gasteiger partial charge in [-0.3, -0.25) is 4.79 Å². The highest BCUT2D eigenvalue weighted by Gasteiger charge is 2.25. The summed E-state index contributed by atoms with van der Waals surface area (Å²) in [5.74, 6) is 1.09. The van der Waals surface area contributed by atoms with E-state index in [1.165, 1.54) is 0 Å². The maximum absolute atomic E-state index is 11.0. The molecule has 15 heavy (non-hydrogen) atoms. The van der Waals surface area contributed by atoms with E-state index in [-0.39, 0.29) is 0 Å². The number of amides is 1. The lowest BCUT2D eigenvalue weighted by atomic mass is 10.0. The van der Waals surface area contributed by atoms with Crippen LogP contribution in [0, 0.1) is 0 Å². The van der Waals surface area contributed by atoms with Gasteiger partial charge >= 0.3 is 0 Å². The third-order valence-electron chi connectivity index (χ3n) is 2.55. The van der Waals surface area contributed by atoms with E-state index in [2.05, 4.69) is 0 Å². The van der Waals surface area contributed by atoms with E-state index in [4.69, 9.17) is 15.2 Å². The largest absolute Gasteiger partial charge is 0.496 e. The molecular weight excluding hydrogens is 194 g/mol. The third-order valence-corrected chi connectivity index (χ3v) is 2.55. The van der Waals surface area contributed by atoms with Crippen LogP contribution < -0.4 is 15.2 Å². The molecule has 0 spiro atoms. The van der Waals surface area contributed by atoms with Crippen LogP contribution >= 0.6 is 0 Å². The Morgan fingerprint density at radius 3 is 3.07 bits per heavy atom. The Labute approximate surface area is 88.0 Å². The van der Waals surface area contributed by atoms with Crippen LogP contribution in [0.3, 0.4) is 0 Å². The topological polar surface area (TPSA) is 61.5 Å². The first kappa shape index (κ1) is 9.83. The van der Waals surface area contributed by atoms with Crippen molar-refractivity contribution in [3.63, 3.8) is 0 Å². The third kappa shape index (κ3) is 1.75. The fourth-order valence-electron chi connectivity index (χ4n) is 1.78. The van der Waals surface area contributed by atoms with E-state index >= 15 is 0 Å². The van der Waals surface area contributed by atoms with Crippen molar-refractivity contribution in [3.05, 3.63) is 23.8 Å². The average Bonchev–Trinajstić information content (AvgIpc) is 2.27. The van der Waals surface area contributed by atoms with Crippen molar-refractivity contribution in [2.75, 3.05) is 7.11 Å². The minimum atomic E-state index is -0.510. The molecule has 0 bridgehead atoms. The van der Waals surface area contributed by atoms with Crippen LogP contribution in [-0.2, 0) is 11.2 Å². The number of carbonyl (C=O) groups excluding carboxylic acids is 1. The molecule has 0 fully saturated rings. The summed E-state index contributed by atoms with van der Waals surface area (Å²) in [6.45, 7) is 0. The Kier molecular flexibility index (Phi) is 2.49. The molecule has 1 aliphatic heterocycles. The lowest BCUT2D eigenvalue weighted by molar-refractivity contribution is -0.125. The minimum absolute atomic E-state index is 0.413. The van der Waals surface area contributed by atoms with Gasteiger partial charge in [0.05, 0.1) is 7.11 Å². The predicted molar refractivity (Wildman–Crippen MR) is 54.9 cm³/mol. The highest BCUT2D eigenvalue weighted by atomic mass is 16.5. The predicted octanol–water partition coefficient (Wildman–Crippen LogP) is 0.874. The summed E-state index contributed by atoms with van der Waals surface area (Å²) in [6, 6.07) is 5.54. The van der Waals surface area contributed by atoms with E-state index in [0.717, 1.165) is 17.7 Å². The van der Waals surface area contributed by atoms with Gasteiger partial charge in [-0.15, -0.1) is 0 Å². The number of carbonyl (C=O) groups is 1. The smallest absolute Gasteiger partial charge is 0.258 e. The molecule has 1 aliphatic rings. The first-order valence-electron chi connectivity index (χ1n) is 4.84. The van der Waals surface area contributed by atoms with Crippen LogP contribution in [0.5, 0.6) is 11.5 Å². The molecule has 1 atom stereocenters. The van der Waals surface area contributed by atoms with Crippen molar-refractivity contribution in [1.82, 2.24) is 0 Å². The van der Waals surface area contributed by atoms with E-state index in [1.807, 2.05) is 18.2 Å². The Morgan fingerprint density at radius 1 is 1.60 bits per heavy atom. The van der Waals surface area contributed by atoms with Crippen molar-refractivity contribution >= 4 is 5.91 Å². The Bertz CT molecular complexity index is 389. The Morgan fingerprint density at radius 2 is 2.40 bits per heavy atom. The van der Waals surface area contributed by atoms with E-state index in [1.54, 1.807) is 7.11 Å². The number of benzene rings is 1. The Hall–Kier alpha value is -1.71. The molecule has 1 aromatic carbocycles. The van der Waals surface area contributed by atoms with Crippen LogP contribution in [0.4, 0.5) is 0 Å². The maximum atomic E-state index is 11.0. The molecule has 1 amide bonds. The molecule has 0 radical (unpaired) electrons. The van der Waals surface area contributed by atoms with Gasteiger partial charge in [-0.2, -0.15) is 0 Å². The number of hydrogen-bond acceptors (Lipinski definition) is 3. The number of hydrogen-bond donors (Lipinski definition) is 1. The fraction of sp³-hybridized carbons (Fsp3) is 0.364. The van der Waals surface area contributed by atoms with E-state index in [0.29, 0.717) is 12.2 Å². The van der Waals surface area contributed by atoms with Gasteiger partial charge in [0.25, 0.3) is 5.91 Å². The summed E-state index contributed by atoms with van der Waals surface area (Å²) in [7, 11) is 1.62.